The van der Waals surface area contributed by atoms with Gasteiger partial charge in [0.25, 0.3) is 0 Å². The van der Waals surface area contributed by atoms with E-state index in [4.69, 9.17) is 4.74 Å². The van der Waals surface area contributed by atoms with Gasteiger partial charge in [-0.25, -0.2) is 4.39 Å². The number of aryl methyl sites for hydroxylation is 1. The molecule has 18 heavy (non-hydrogen) atoms. The lowest BCUT2D eigenvalue weighted by Crippen LogP contribution is -2.35. The molecular formula is C15H24FNO. The highest BCUT2D eigenvalue weighted by Gasteiger charge is 2.09. The van der Waals surface area contributed by atoms with E-state index in [0.717, 1.165) is 24.9 Å². The highest BCUT2D eigenvalue weighted by molar-refractivity contribution is 5.29. The second-order valence-corrected chi connectivity index (χ2v) is 4.96. The summed E-state index contributed by atoms with van der Waals surface area (Å²) >= 11 is 0. The van der Waals surface area contributed by atoms with Crippen LogP contribution in [0, 0.1) is 12.7 Å². The van der Waals surface area contributed by atoms with Crippen molar-refractivity contribution in [1.82, 2.24) is 5.32 Å². The molecule has 0 saturated heterocycles. The molecule has 0 saturated carbocycles. The molecule has 0 amide bonds. The minimum absolute atomic E-state index is 0.0411. The third kappa shape index (κ3) is 5.05. The Morgan fingerprint density at radius 3 is 2.72 bits per heavy atom. The summed E-state index contributed by atoms with van der Waals surface area (Å²) in [5, 5.41) is 3.39. The lowest BCUT2D eigenvalue weighted by atomic mass is 10.2. The molecule has 3 heteroatoms. The summed E-state index contributed by atoms with van der Waals surface area (Å²) in [6, 6.07) is 5.41. The van der Waals surface area contributed by atoms with E-state index in [9.17, 15) is 4.39 Å². The van der Waals surface area contributed by atoms with Gasteiger partial charge in [0.1, 0.15) is 6.10 Å². The summed E-state index contributed by atoms with van der Waals surface area (Å²) in [5.74, 6) is 0.0431. The molecule has 1 rings (SSSR count). The Labute approximate surface area is 110 Å². The number of hydrogen-bond acceptors (Lipinski definition) is 2. The van der Waals surface area contributed by atoms with E-state index in [-0.39, 0.29) is 11.9 Å². The molecule has 1 aromatic carbocycles. The highest BCUT2D eigenvalue weighted by Crippen LogP contribution is 2.19. The maximum Gasteiger partial charge on any atom is 0.165 e. The highest BCUT2D eigenvalue weighted by atomic mass is 19.1. The Morgan fingerprint density at radius 1 is 1.33 bits per heavy atom. The van der Waals surface area contributed by atoms with Crippen molar-refractivity contribution in [2.75, 3.05) is 6.54 Å². The Bertz CT molecular complexity index is 368. The predicted molar refractivity (Wildman–Crippen MR) is 73.6 cm³/mol. The average molecular weight is 253 g/mol. The minimum atomic E-state index is -0.297. The molecule has 0 radical (unpaired) electrons. The van der Waals surface area contributed by atoms with E-state index in [1.165, 1.54) is 6.07 Å². The summed E-state index contributed by atoms with van der Waals surface area (Å²) in [6.45, 7) is 8.93. The smallest absolute Gasteiger partial charge is 0.165 e. The molecule has 0 aliphatic rings. The van der Waals surface area contributed by atoms with Crippen LogP contribution in [-0.4, -0.2) is 18.7 Å². The molecule has 1 aromatic rings. The molecule has 0 fully saturated rings. The zero-order chi connectivity index (χ0) is 13.5. The zero-order valence-corrected chi connectivity index (χ0v) is 11.8. The van der Waals surface area contributed by atoms with Crippen LogP contribution in [0.3, 0.4) is 0 Å². The molecule has 1 N–H and O–H groups in total. The lowest BCUT2D eigenvalue weighted by molar-refractivity contribution is 0.202. The van der Waals surface area contributed by atoms with Crippen molar-refractivity contribution in [3.05, 3.63) is 29.6 Å². The maximum atomic E-state index is 13.5. The molecular weight excluding hydrogens is 229 g/mol. The maximum absolute atomic E-state index is 13.5. The van der Waals surface area contributed by atoms with Gasteiger partial charge in [-0.1, -0.05) is 19.4 Å². The van der Waals surface area contributed by atoms with E-state index in [2.05, 4.69) is 19.2 Å². The van der Waals surface area contributed by atoms with Gasteiger partial charge in [0.2, 0.25) is 0 Å². The van der Waals surface area contributed by atoms with Crippen LogP contribution in [0.15, 0.2) is 18.2 Å². The molecule has 0 bridgehead atoms. The topological polar surface area (TPSA) is 21.3 Å². The quantitative estimate of drug-likeness (QED) is 0.800. The SMILES string of the molecule is CCCC(C)NCC(C)Oc1cc(C)ccc1F. The molecule has 0 heterocycles. The molecule has 2 atom stereocenters. The molecule has 0 aliphatic heterocycles. The van der Waals surface area contributed by atoms with Crippen LogP contribution in [0.2, 0.25) is 0 Å². The lowest BCUT2D eigenvalue weighted by Gasteiger charge is -2.19. The van der Waals surface area contributed by atoms with Gasteiger partial charge < -0.3 is 10.1 Å². The number of nitrogens with one attached hydrogen (secondary N) is 1. The van der Waals surface area contributed by atoms with Crippen LogP contribution in [0.25, 0.3) is 0 Å². The molecule has 2 unspecified atom stereocenters. The number of hydrogen-bond donors (Lipinski definition) is 1. The van der Waals surface area contributed by atoms with E-state index >= 15 is 0 Å². The molecule has 2 nitrogen and oxygen atoms in total. The molecule has 102 valence electrons. The first kappa shape index (κ1) is 15.0. The second-order valence-electron chi connectivity index (χ2n) is 4.96. The van der Waals surface area contributed by atoms with Gasteiger partial charge in [-0.3, -0.25) is 0 Å². The van der Waals surface area contributed by atoms with Gasteiger partial charge in [-0.05, 0) is 44.9 Å². The van der Waals surface area contributed by atoms with Crippen LogP contribution >= 0.6 is 0 Å². The van der Waals surface area contributed by atoms with Crippen molar-refractivity contribution >= 4 is 0 Å². The Morgan fingerprint density at radius 2 is 2.06 bits per heavy atom. The average Bonchev–Trinajstić information content (AvgIpc) is 2.32. The number of rotatable bonds is 7. The van der Waals surface area contributed by atoms with Crippen LogP contribution in [-0.2, 0) is 0 Å². The molecule has 0 aliphatic carbocycles. The fourth-order valence-corrected chi connectivity index (χ4v) is 1.86. The first-order valence-electron chi connectivity index (χ1n) is 6.69. The first-order valence-corrected chi connectivity index (χ1v) is 6.69. The van der Waals surface area contributed by atoms with Crippen molar-refractivity contribution in [3.8, 4) is 5.75 Å². The first-order chi connectivity index (χ1) is 8.52. The summed E-state index contributed by atoms with van der Waals surface area (Å²) in [7, 11) is 0. The van der Waals surface area contributed by atoms with Gasteiger partial charge in [-0.2, -0.15) is 0 Å². The van der Waals surface area contributed by atoms with Gasteiger partial charge in [0.05, 0.1) is 0 Å². The summed E-state index contributed by atoms with van der Waals surface area (Å²) < 4.78 is 19.1. The van der Waals surface area contributed by atoms with Gasteiger partial charge in [0.15, 0.2) is 11.6 Å². The summed E-state index contributed by atoms with van der Waals surface area (Å²) in [5.41, 5.74) is 1.01. The van der Waals surface area contributed by atoms with Gasteiger partial charge in [-0.15, -0.1) is 0 Å². The summed E-state index contributed by atoms with van der Waals surface area (Å²) in [6.07, 6.45) is 2.27. The summed E-state index contributed by atoms with van der Waals surface area (Å²) in [4.78, 5) is 0. The van der Waals surface area contributed by atoms with Crippen molar-refractivity contribution in [1.29, 1.82) is 0 Å². The Hall–Kier alpha value is -1.09. The van der Waals surface area contributed by atoms with Crippen LogP contribution < -0.4 is 10.1 Å². The van der Waals surface area contributed by atoms with Crippen LogP contribution in [0.4, 0.5) is 4.39 Å². The van der Waals surface area contributed by atoms with Crippen molar-refractivity contribution in [2.24, 2.45) is 0 Å². The fourth-order valence-electron chi connectivity index (χ4n) is 1.86. The Balaban J connectivity index is 2.44. The van der Waals surface area contributed by atoms with E-state index in [1.807, 2.05) is 13.8 Å². The number of benzene rings is 1. The number of halogens is 1. The van der Waals surface area contributed by atoms with E-state index in [1.54, 1.807) is 12.1 Å². The van der Waals surface area contributed by atoms with Crippen molar-refractivity contribution in [2.45, 2.75) is 52.7 Å². The standard InChI is InChI=1S/C15H24FNO/c1-5-6-12(3)17-10-13(4)18-15-9-11(2)7-8-14(15)16/h7-9,12-13,17H,5-6,10H2,1-4H3. The fraction of sp³-hybridized carbons (Fsp3) is 0.600. The predicted octanol–water partition coefficient (Wildman–Crippen LogP) is 3.68. The van der Waals surface area contributed by atoms with E-state index in [0.29, 0.717) is 11.8 Å². The molecule has 0 aromatic heterocycles. The third-order valence-electron chi connectivity index (χ3n) is 2.89. The number of ether oxygens (including phenoxy) is 1. The Kier molecular flexibility index (Phi) is 6.13. The zero-order valence-electron chi connectivity index (χ0n) is 11.8. The van der Waals surface area contributed by atoms with E-state index < -0.39 is 0 Å². The second kappa shape index (κ2) is 7.37. The normalized spacial score (nSPS) is 14.3. The molecule has 0 spiro atoms. The third-order valence-corrected chi connectivity index (χ3v) is 2.89. The van der Waals surface area contributed by atoms with Crippen molar-refractivity contribution in [3.63, 3.8) is 0 Å². The largest absolute Gasteiger partial charge is 0.486 e. The van der Waals surface area contributed by atoms with Gasteiger partial charge in [0, 0.05) is 12.6 Å². The van der Waals surface area contributed by atoms with Crippen molar-refractivity contribution < 1.29 is 9.13 Å². The van der Waals surface area contributed by atoms with Crippen LogP contribution in [0.1, 0.15) is 39.2 Å². The minimum Gasteiger partial charge on any atom is -0.486 e. The van der Waals surface area contributed by atoms with Crippen LogP contribution in [0.5, 0.6) is 5.75 Å². The van der Waals surface area contributed by atoms with Gasteiger partial charge >= 0.3 is 0 Å². The monoisotopic (exact) mass is 253 g/mol.